The van der Waals surface area contributed by atoms with Crippen molar-refractivity contribution < 1.29 is 0 Å². The second kappa shape index (κ2) is 4.94. The molecule has 1 atom stereocenters. The van der Waals surface area contributed by atoms with Crippen molar-refractivity contribution in [3.05, 3.63) is 65.7 Å². The summed E-state index contributed by atoms with van der Waals surface area (Å²) >= 11 is 0. The van der Waals surface area contributed by atoms with E-state index in [1.165, 1.54) is 16.4 Å². The van der Waals surface area contributed by atoms with Crippen LogP contribution in [0, 0.1) is 6.92 Å². The van der Waals surface area contributed by atoms with Gasteiger partial charge in [-0.05, 0) is 30.6 Å². The molecule has 0 aromatic heterocycles. The SMILES string of the molecule is C=P(C)(Cc1cccc(C)c1)c1ccccc1. The van der Waals surface area contributed by atoms with Gasteiger partial charge in [0.2, 0.25) is 0 Å². The van der Waals surface area contributed by atoms with Gasteiger partial charge in [-0.2, -0.15) is 0 Å². The van der Waals surface area contributed by atoms with Gasteiger partial charge >= 0.3 is 0 Å². The minimum Gasteiger partial charge on any atom is -0.0965 e. The number of aryl methyl sites for hydroxylation is 1. The molecule has 88 valence electrons. The highest BCUT2D eigenvalue weighted by molar-refractivity contribution is 7.79. The summed E-state index contributed by atoms with van der Waals surface area (Å²) in [6, 6.07) is 19.4. The predicted molar refractivity (Wildman–Crippen MR) is 80.9 cm³/mol. The van der Waals surface area contributed by atoms with Crippen molar-refractivity contribution >= 4 is 18.5 Å². The fourth-order valence-electron chi connectivity index (χ4n) is 2.09. The predicted octanol–water partition coefficient (Wildman–Crippen LogP) is 3.90. The molecule has 0 nitrogen and oxygen atoms in total. The number of rotatable bonds is 3. The Balaban J connectivity index is 2.27. The van der Waals surface area contributed by atoms with E-state index in [-0.39, 0.29) is 0 Å². The van der Waals surface area contributed by atoms with Crippen molar-refractivity contribution in [2.45, 2.75) is 13.1 Å². The molecule has 2 aromatic carbocycles. The van der Waals surface area contributed by atoms with Crippen LogP contribution in [-0.4, -0.2) is 13.0 Å². The van der Waals surface area contributed by atoms with Crippen molar-refractivity contribution in [2.24, 2.45) is 0 Å². The molecule has 1 unspecified atom stereocenters. The monoisotopic (exact) mass is 242 g/mol. The Morgan fingerprint density at radius 1 is 1.00 bits per heavy atom. The van der Waals surface area contributed by atoms with Crippen molar-refractivity contribution in [3.8, 4) is 0 Å². The first-order valence-electron chi connectivity index (χ1n) is 5.89. The minimum absolute atomic E-state index is 1.08. The molecule has 0 heterocycles. The van der Waals surface area contributed by atoms with Gasteiger partial charge < -0.3 is 0 Å². The van der Waals surface area contributed by atoms with Crippen molar-refractivity contribution in [1.82, 2.24) is 0 Å². The van der Waals surface area contributed by atoms with Gasteiger partial charge in [0.15, 0.2) is 0 Å². The molecule has 0 spiro atoms. The lowest BCUT2D eigenvalue weighted by atomic mass is 10.2. The van der Waals surface area contributed by atoms with Crippen LogP contribution in [0.1, 0.15) is 11.1 Å². The smallest absolute Gasteiger partial charge is 0.00440 e. The summed E-state index contributed by atoms with van der Waals surface area (Å²) in [6.07, 6.45) is 5.56. The maximum absolute atomic E-state index is 4.48. The van der Waals surface area contributed by atoms with E-state index in [2.05, 4.69) is 74.5 Å². The zero-order valence-electron chi connectivity index (χ0n) is 10.6. The maximum atomic E-state index is 4.48. The average Bonchev–Trinajstić information content (AvgIpc) is 2.29. The molecular formula is C16H19P. The topological polar surface area (TPSA) is 0 Å². The normalized spacial score (nSPS) is 14.2. The molecule has 0 aliphatic rings. The largest absolute Gasteiger partial charge is 0.0965 e. The van der Waals surface area contributed by atoms with Crippen LogP contribution in [0.4, 0.5) is 0 Å². The van der Waals surface area contributed by atoms with Gasteiger partial charge in [0.05, 0.1) is 0 Å². The molecule has 17 heavy (non-hydrogen) atoms. The molecule has 0 fully saturated rings. The van der Waals surface area contributed by atoms with Crippen molar-refractivity contribution in [2.75, 3.05) is 6.66 Å². The Morgan fingerprint density at radius 2 is 1.71 bits per heavy atom. The molecule has 0 amide bonds. The summed E-state index contributed by atoms with van der Waals surface area (Å²) in [7, 11) is 0. The third-order valence-corrected chi connectivity index (χ3v) is 5.60. The molecule has 2 aromatic rings. The first-order chi connectivity index (χ1) is 8.08. The van der Waals surface area contributed by atoms with E-state index in [0.29, 0.717) is 0 Å². The Kier molecular flexibility index (Phi) is 3.54. The minimum atomic E-state index is -1.29. The average molecular weight is 242 g/mol. The number of benzene rings is 2. The maximum Gasteiger partial charge on any atom is -0.00440 e. The standard InChI is InChI=1S/C16H19P/c1-14-8-7-9-15(12-14)13-17(2,3)16-10-5-4-6-11-16/h4-12H,2,13H2,1,3H3. The summed E-state index contributed by atoms with van der Waals surface area (Å²) in [5.41, 5.74) is 2.73. The summed E-state index contributed by atoms with van der Waals surface area (Å²) in [5.74, 6) is 0. The van der Waals surface area contributed by atoms with E-state index < -0.39 is 6.89 Å². The molecule has 0 aliphatic carbocycles. The first kappa shape index (κ1) is 12.2. The zero-order chi connectivity index (χ0) is 12.3. The second-order valence-electron chi connectivity index (χ2n) is 4.88. The molecule has 0 bridgehead atoms. The molecule has 0 aliphatic heterocycles. The fraction of sp³-hybridized carbons (Fsp3) is 0.188. The first-order valence-corrected chi connectivity index (χ1v) is 8.50. The highest BCUT2D eigenvalue weighted by Crippen LogP contribution is 2.43. The molecule has 0 N–H and O–H groups in total. The molecule has 0 radical (unpaired) electrons. The van der Waals surface area contributed by atoms with Gasteiger partial charge in [-0.25, -0.2) is 0 Å². The van der Waals surface area contributed by atoms with Crippen LogP contribution >= 0.6 is 6.89 Å². The van der Waals surface area contributed by atoms with Crippen LogP contribution in [0.15, 0.2) is 54.6 Å². The van der Waals surface area contributed by atoms with Crippen LogP contribution < -0.4 is 5.30 Å². The van der Waals surface area contributed by atoms with E-state index in [4.69, 9.17) is 0 Å². The number of hydrogen-bond acceptors (Lipinski definition) is 0. The quantitative estimate of drug-likeness (QED) is 0.716. The van der Waals surface area contributed by atoms with Crippen LogP contribution in [-0.2, 0) is 6.16 Å². The fourth-order valence-corrected chi connectivity index (χ4v) is 4.17. The van der Waals surface area contributed by atoms with Gasteiger partial charge in [-0.1, -0.05) is 73.3 Å². The van der Waals surface area contributed by atoms with Crippen LogP contribution in [0.3, 0.4) is 0 Å². The Hall–Kier alpha value is -1.26. The molecule has 1 heteroatoms. The van der Waals surface area contributed by atoms with E-state index in [9.17, 15) is 0 Å². The van der Waals surface area contributed by atoms with Crippen molar-refractivity contribution in [3.63, 3.8) is 0 Å². The number of hydrogen-bond donors (Lipinski definition) is 0. The molecule has 2 rings (SSSR count). The Labute approximate surface area is 104 Å². The van der Waals surface area contributed by atoms with Gasteiger partial charge in [-0.15, -0.1) is 0 Å². The van der Waals surface area contributed by atoms with Gasteiger partial charge in [0.1, 0.15) is 0 Å². The summed E-state index contributed by atoms with van der Waals surface area (Å²) < 4.78 is 0. The zero-order valence-corrected chi connectivity index (χ0v) is 11.5. The third kappa shape index (κ3) is 3.11. The van der Waals surface area contributed by atoms with Crippen molar-refractivity contribution in [1.29, 1.82) is 0 Å². The Morgan fingerprint density at radius 3 is 2.35 bits per heavy atom. The lowest BCUT2D eigenvalue weighted by molar-refractivity contribution is 1.34. The van der Waals surface area contributed by atoms with Crippen LogP contribution in [0.5, 0.6) is 0 Å². The molecular weight excluding hydrogens is 223 g/mol. The summed E-state index contributed by atoms with van der Waals surface area (Å²) in [5, 5.41) is 1.40. The van der Waals surface area contributed by atoms with E-state index in [0.717, 1.165) is 6.16 Å². The lowest BCUT2D eigenvalue weighted by Gasteiger charge is -2.20. The highest BCUT2D eigenvalue weighted by atomic mass is 31.2. The van der Waals surface area contributed by atoms with E-state index in [1.54, 1.807) is 0 Å². The third-order valence-electron chi connectivity index (χ3n) is 2.99. The van der Waals surface area contributed by atoms with Crippen LogP contribution in [0.2, 0.25) is 0 Å². The molecule has 0 saturated heterocycles. The summed E-state index contributed by atoms with van der Waals surface area (Å²) in [6.45, 7) is 3.17. The lowest BCUT2D eigenvalue weighted by Crippen LogP contribution is -2.05. The second-order valence-corrected chi connectivity index (χ2v) is 8.50. The van der Waals surface area contributed by atoms with Gasteiger partial charge in [-0.3, -0.25) is 0 Å². The van der Waals surface area contributed by atoms with E-state index >= 15 is 0 Å². The van der Waals surface area contributed by atoms with Gasteiger partial charge in [0, 0.05) is 0 Å². The highest BCUT2D eigenvalue weighted by Gasteiger charge is 2.11. The molecule has 0 saturated carbocycles. The van der Waals surface area contributed by atoms with Crippen LogP contribution in [0.25, 0.3) is 0 Å². The van der Waals surface area contributed by atoms with E-state index in [1.807, 2.05) is 0 Å². The Bertz CT molecular complexity index is 540. The van der Waals surface area contributed by atoms with Gasteiger partial charge in [0.25, 0.3) is 0 Å². The summed E-state index contributed by atoms with van der Waals surface area (Å²) in [4.78, 5) is 0.